The van der Waals surface area contributed by atoms with Gasteiger partial charge >= 0.3 is 0 Å². The van der Waals surface area contributed by atoms with Crippen molar-refractivity contribution in [2.75, 3.05) is 10.6 Å². The smallest absolute Gasteiger partial charge is 0.175 e. The molecule has 0 amide bonds. The highest BCUT2D eigenvalue weighted by Gasteiger charge is 2.00. The summed E-state index contributed by atoms with van der Waals surface area (Å²) < 4.78 is 0. The molecule has 16 heavy (non-hydrogen) atoms. The molecule has 0 spiro atoms. The van der Waals surface area contributed by atoms with E-state index in [0.717, 1.165) is 11.4 Å². The highest BCUT2D eigenvalue weighted by molar-refractivity contribution is 7.80. The van der Waals surface area contributed by atoms with Gasteiger partial charge in [0, 0.05) is 18.1 Å². The third-order valence-electron chi connectivity index (χ3n) is 2.25. The van der Waals surface area contributed by atoms with Gasteiger partial charge in [-0.3, -0.25) is 0 Å². The maximum absolute atomic E-state index is 5.21. The minimum Gasteiger partial charge on any atom is -0.366 e. The lowest BCUT2D eigenvalue weighted by Crippen LogP contribution is -2.19. The monoisotopic (exact) mass is 231 g/mol. The summed E-state index contributed by atoms with van der Waals surface area (Å²) in [5.41, 5.74) is 3.14. The van der Waals surface area contributed by atoms with Crippen LogP contribution in [0.3, 0.4) is 0 Å². The molecule has 0 aliphatic heterocycles. The van der Waals surface area contributed by atoms with E-state index in [1.54, 1.807) is 0 Å². The zero-order valence-electron chi connectivity index (χ0n) is 8.95. The van der Waals surface area contributed by atoms with Gasteiger partial charge in [-0.05, 0) is 36.8 Å². The SMILES string of the molecule is Cc1ccccc1NC(=S)Nc1cc[nH]c1. The van der Waals surface area contributed by atoms with Crippen LogP contribution < -0.4 is 10.6 Å². The summed E-state index contributed by atoms with van der Waals surface area (Å²) in [5.74, 6) is 0. The van der Waals surface area contributed by atoms with Crippen LogP contribution in [0.4, 0.5) is 11.4 Å². The van der Waals surface area contributed by atoms with Crippen LogP contribution in [-0.2, 0) is 0 Å². The van der Waals surface area contributed by atoms with Gasteiger partial charge in [0.1, 0.15) is 0 Å². The number of benzene rings is 1. The molecule has 3 N–H and O–H groups in total. The molecule has 0 aliphatic carbocycles. The summed E-state index contributed by atoms with van der Waals surface area (Å²) in [7, 11) is 0. The number of rotatable bonds is 2. The second-order valence-corrected chi connectivity index (χ2v) is 3.90. The van der Waals surface area contributed by atoms with Crippen LogP contribution in [0.25, 0.3) is 0 Å². The first-order valence-electron chi connectivity index (χ1n) is 5.02. The molecule has 1 heterocycles. The van der Waals surface area contributed by atoms with Gasteiger partial charge in [-0.2, -0.15) is 0 Å². The number of hydrogen-bond acceptors (Lipinski definition) is 1. The quantitative estimate of drug-likeness (QED) is 0.695. The fourth-order valence-electron chi connectivity index (χ4n) is 1.40. The second-order valence-electron chi connectivity index (χ2n) is 3.49. The van der Waals surface area contributed by atoms with Crippen LogP contribution in [0.1, 0.15) is 5.56 Å². The first kappa shape index (κ1) is 10.7. The molecule has 82 valence electrons. The average molecular weight is 231 g/mol. The van der Waals surface area contributed by atoms with Crippen molar-refractivity contribution in [2.45, 2.75) is 6.92 Å². The highest BCUT2D eigenvalue weighted by atomic mass is 32.1. The van der Waals surface area contributed by atoms with E-state index in [0.29, 0.717) is 5.11 Å². The Hall–Kier alpha value is -1.81. The lowest BCUT2D eigenvalue weighted by atomic mass is 10.2. The van der Waals surface area contributed by atoms with Gasteiger partial charge in [-0.25, -0.2) is 0 Å². The van der Waals surface area contributed by atoms with Gasteiger partial charge in [0.05, 0.1) is 5.69 Å². The summed E-state index contributed by atoms with van der Waals surface area (Å²) in [6.07, 6.45) is 3.70. The minimum atomic E-state index is 0.592. The molecule has 0 atom stereocenters. The molecule has 3 nitrogen and oxygen atoms in total. The fraction of sp³-hybridized carbons (Fsp3) is 0.0833. The second kappa shape index (κ2) is 4.81. The molecule has 0 saturated carbocycles. The first-order chi connectivity index (χ1) is 7.75. The van der Waals surface area contributed by atoms with Crippen molar-refractivity contribution >= 4 is 28.7 Å². The molecular weight excluding hydrogens is 218 g/mol. The molecule has 2 rings (SSSR count). The topological polar surface area (TPSA) is 39.8 Å². The van der Waals surface area contributed by atoms with Crippen LogP contribution in [0, 0.1) is 6.92 Å². The number of aromatic nitrogens is 1. The van der Waals surface area contributed by atoms with Crippen LogP contribution in [0.2, 0.25) is 0 Å². The summed E-state index contributed by atoms with van der Waals surface area (Å²) >= 11 is 5.21. The Labute approximate surface area is 99.9 Å². The van der Waals surface area contributed by atoms with E-state index in [1.165, 1.54) is 5.56 Å². The molecule has 0 unspecified atom stereocenters. The van der Waals surface area contributed by atoms with Gasteiger partial charge in [-0.1, -0.05) is 18.2 Å². The largest absolute Gasteiger partial charge is 0.366 e. The molecule has 2 aromatic rings. The summed E-state index contributed by atoms with van der Waals surface area (Å²) in [5, 5.41) is 6.83. The Morgan fingerprint density at radius 1 is 1.19 bits per heavy atom. The van der Waals surface area contributed by atoms with E-state index in [4.69, 9.17) is 12.2 Å². The molecule has 1 aromatic carbocycles. The van der Waals surface area contributed by atoms with Crippen molar-refractivity contribution in [1.29, 1.82) is 0 Å². The number of thiocarbonyl (C=S) groups is 1. The van der Waals surface area contributed by atoms with Gasteiger partial charge in [0.2, 0.25) is 0 Å². The van der Waals surface area contributed by atoms with Crippen LogP contribution in [-0.4, -0.2) is 10.1 Å². The Morgan fingerprint density at radius 2 is 2.00 bits per heavy atom. The van der Waals surface area contributed by atoms with Crippen LogP contribution in [0.15, 0.2) is 42.7 Å². The normalized spacial score (nSPS) is 9.81. The minimum absolute atomic E-state index is 0.592. The lowest BCUT2D eigenvalue weighted by molar-refractivity contribution is 1.41. The molecule has 0 aliphatic rings. The average Bonchev–Trinajstić information content (AvgIpc) is 2.74. The number of aryl methyl sites for hydroxylation is 1. The molecule has 0 radical (unpaired) electrons. The summed E-state index contributed by atoms with van der Waals surface area (Å²) in [6.45, 7) is 2.04. The summed E-state index contributed by atoms with van der Waals surface area (Å²) in [6, 6.07) is 9.95. The molecule has 0 fully saturated rings. The van der Waals surface area contributed by atoms with Gasteiger partial charge in [-0.15, -0.1) is 0 Å². The van der Waals surface area contributed by atoms with Crippen molar-refractivity contribution in [3.63, 3.8) is 0 Å². The van der Waals surface area contributed by atoms with E-state index in [9.17, 15) is 0 Å². The third kappa shape index (κ3) is 2.61. The van der Waals surface area contributed by atoms with Crippen LogP contribution >= 0.6 is 12.2 Å². The van der Waals surface area contributed by atoms with Crippen molar-refractivity contribution in [3.05, 3.63) is 48.3 Å². The van der Waals surface area contributed by atoms with Crippen molar-refractivity contribution in [1.82, 2.24) is 4.98 Å². The Kier molecular flexibility index (Phi) is 3.22. The molecular formula is C12H13N3S. The molecule has 4 heteroatoms. The molecule has 0 saturated heterocycles. The van der Waals surface area contributed by atoms with Crippen molar-refractivity contribution < 1.29 is 0 Å². The van der Waals surface area contributed by atoms with Gasteiger partial charge < -0.3 is 15.6 Å². The maximum Gasteiger partial charge on any atom is 0.175 e. The zero-order chi connectivity index (χ0) is 11.4. The van der Waals surface area contributed by atoms with E-state index in [-0.39, 0.29) is 0 Å². The third-order valence-corrected chi connectivity index (χ3v) is 2.45. The van der Waals surface area contributed by atoms with E-state index < -0.39 is 0 Å². The van der Waals surface area contributed by atoms with Gasteiger partial charge in [0.15, 0.2) is 5.11 Å². The first-order valence-corrected chi connectivity index (χ1v) is 5.43. The van der Waals surface area contributed by atoms with Crippen molar-refractivity contribution in [2.24, 2.45) is 0 Å². The molecule has 0 bridgehead atoms. The summed E-state index contributed by atoms with van der Waals surface area (Å²) in [4.78, 5) is 2.96. The number of anilines is 2. The Morgan fingerprint density at radius 3 is 2.69 bits per heavy atom. The van der Waals surface area contributed by atoms with E-state index in [1.807, 2.05) is 49.6 Å². The number of para-hydroxylation sites is 1. The van der Waals surface area contributed by atoms with Crippen LogP contribution in [0.5, 0.6) is 0 Å². The number of H-pyrrole nitrogens is 1. The lowest BCUT2D eigenvalue weighted by Gasteiger charge is -2.11. The number of hydrogen-bond donors (Lipinski definition) is 3. The highest BCUT2D eigenvalue weighted by Crippen LogP contribution is 2.13. The fourth-order valence-corrected chi connectivity index (χ4v) is 1.63. The number of aromatic amines is 1. The van der Waals surface area contributed by atoms with Crippen molar-refractivity contribution in [3.8, 4) is 0 Å². The van der Waals surface area contributed by atoms with E-state index >= 15 is 0 Å². The standard InChI is InChI=1S/C12H13N3S/c1-9-4-2-3-5-11(9)15-12(16)14-10-6-7-13-8-10/h2-8,13H,1H3,(H2,14,15,16). The maximum atomic E-state index is 5.21. The van der Waals surface area contributed by atoms with E-state index in [2.05, 4.69) is 15.6 Å². The zero-order valence-corrected chi connectivity index (χ0v) is 9.77. The number of nitrogens with one attached hydrogen (secondary N) is 3. The van der Waals surface area contributed by atoms with Gasteiger partial charge in [0.25, 0.3) is 0 Å². The predicted molar refractivity (Wildman–Crippen MR) is 71.8 cm³/mol. The Balaban J connectivity index is 2.00. The predicted octanol–water partition coefficient (Wildman–Crippen LogP) is 3.13. The Bertz CT molecular complexity index is 477. The molecule has 1 aromatic heterocycles.